The van der Waals surface area contributed by atoms with Crippen LogP contribution in [0.5, 0.6) is 0 Å². The fourth-order valence-electron chi connectivity index (χ4n) is 1.33. The molecule has 0 aromatic heterocycles. The van der Waals surface area contributed by atoms with Gasteiger partial charge in [0.05, 0.1) is 0 Å². The molecule has 0 aliphatic heterocycles. The van der Waals surface area contributed by atoms with E-state index >= 15 is 0 Å². The number of hydrogen-bond acceptors (Lipinski definition) is 1. The zero-order chi connectivity index (χ0) is 11.4. The zero-order valence-electron chi connectivity index (χ0n) is 8.39. The van der Waals surface area contributed by atoms with Crippen LogP contribution in [0.3, 0.4) is 0 Å². The molecule has 0 fully saturated rings. The minimum absolute atomic E-state index is 0.127. The van der Waals surface area contributed by atoms with E-state index < -0.39 is 0 Å². The van der Waals surface area contributed by atoms with Gasteiger partial charge in [-0.15, -0.1) is 0 Å². The zero-order valence-corrected chi connectivity index (χ0v) is 10.9. The Morgan fingerprint density at radius 3 is 2.25 bits per heavy atom. The standard InChI is InChI=1S/C13H9ClOSe/c14-13(15)11-8-4-5-9-12(11)16-10-6-2-1-3-7-10/h1-9H. The molecular weight excluding hydrogens is 287 g/mol. The average molecular weight is 296 g/mol. The molecule has 0 atom stereocenters. The van der Waals surface area contributed by atoms with E-state index in [1.807, 2.05) is 36.4 Å². The van der Waals surface area contributed by atoms with E-state index in [1.54, 1.807) is 6.07 Å². The number of halogens is 1. The van der Waals surface area contributed by atoms with Gasteiger partial charge in [0, 0.05) is 0 Å². The van der Waals surface area contributed by atoms with Crippen molar-refractivity contribution in [2.45, 2.75) is 0 Å². The third-order valence-corrected chi connectivity index (χ3v) is 4.55. The Hall–Kier alpha value is -1.08. The molecule has 0 saturated heterocycles. The van der Waals surface area contributed by atoms with Crippen LogP contribution in [-0.2, 0) is 0 Å². The Morgan fingerprint density at radius 1 is 0.938 bits per heavy atom. The van der Waals surface area contributed by atoms with Crippen molar-refractivity contribution in [2.24, 2.45) is 0 Å². The molecule has 3 heteroatoms. The van der Waals surface area contributed by atoms with Crippen LogP contribution in [0.1, 0.15) is 10.4 Å². The predicted octanol–water partition coefficient (Wildman–Crippen LogP) is 1.72. The molecule has 0 N–H and O–H groups in total. The average Bonchev–Trinajstić information content (AvgIpc) is 2.31. The maximum absolute atomic E-state index is 11.2. The molecule has 0 heterocycles. The monoisotopic (exact) mass is 296 g/mol. The number of carbonyl (C=O) groups excluding carboxylic acids is 1. The molecule has 0 unspecified atom stereocenters. The molecule has 0 aliphatic carbocycles. The van der Waals surface area contributed by atoms with Gasteiger partial charge in [0.1, 0.15) is 0 Å². The first-order chi connectivity index (χ1) is 7.77. The third kappa shape index (κ3) is 2.73. The summed E-state index contributed by atoms with van der Waals surface area (Å²) in [5.41, 5.74) is 0.619. The van der Waals surface area contributed by atoms with Crippen LogP contribution >= 0.6 is 11.6 Å². The molecule has 0 saturated carbocycles. The summed E-state index contributed by atoms with van der Waals surface area (Å²) in [6.45, 7) is 0. The van der Waals surface area contributed by atoms with Crippen LogP contribution in [-0.4, -0.2) is 20.2 Å². The molecule has 2 aromatic rings. The molecule has 2 aromatic carbocycles. The summed E-state index contributed by atoms with van der Waals surface area (Å²) in [4.78, 5) is 11.2. The van der Waals surface area contributed by atoms with Crippen molar-refractivity contribution in [3.8, 4) is 0 Å². The van der Waals surface area contributed by atoms with Crippen molar-refractivity contribution in [2.75, 3.05) is 0 Å². The maximum atomic E-state index is 11.2. The van der Waals surface area contributed by atoms with E-state index in [-0.39, 0.29) is 20.2 Å². The van der Waals surface area contributed by atoms with Crippen LogP contribution in [0.2, 0.25) is 0 Å². The summed E-state index contributed by atoms with van der Waals surface area (Å²) in [5, 5.41) is -0.381. The second kappa shape index (κ2) is 5.31. The van der Waals surface area contributed by atoms with E-state index in [0.29, 0.717) is 5.56 Å². The fourth-order valence-corrected chi connectivity index (χ4v) is 3.65. The molecule has 0 aliphatic rings. The van der Waals surface area contributed by atoms with Gasteiger partial charge in [-0.1, -0.05) is 0 Å². The summed E-state index contributed by atoms with van der Waals surface area (Å²) < 4.78 is 2.27. The number of benzene rings is 2. The van der Waals surface area contributed by atoms with Crippen molar-refractivity contribution in [3.05, 3.63) is 60.2 Å². The van der Waals surface area contributed by atoms with Gasteiger partial charge in [-0.2, -0.15) is 0 Å². The Morgan fingerprint density at radius 2 is 1.56 bits per heavy atom. The SMILES string of the molecule is O=C(Cl)c1ccccc1[Se]c1ccccc1. The Bertz CT molecular complexity index is 496. The fraction of sp³-hybridized carbons (Fsp3) is 0. The summed E-state index contributed by atoms with van der Waals surface area (Å²) >= 11 is 5.67. The van der Waals surface area contributed by atoms with Gasteiger partial charge in [-0.25, -0.2) is 0 Å². The van der Waals surface area contributed by atoms with Crippen LogP contribution in [0.25, 0.3) is 0 Å². The summed E-state index contributed by atoms with van der Waals surface area (Å²) in [6.07, 6.45) is 0. The van der Waals surface area contributed by atoms with Crippen molar-refractivity contribution < 1.29 is 4.79 Å². The summed E-state index contributed by atoms with van der Waals surface area (Å²) in [5.74, 6) is 0. The molecule has 1 nitrogen and oxygen atoms in total. The molecule has 16 heavy (non-hydrogen) atoms. The second-order valence-corrected chi connectivity index (χ2v) is 5.87. The molecule has 0 spiro atoms. The predicted molar refractivity (Wildman–Crippen MR) is 68.1 cm³/mol. The van der Waals surface area contributed by atoms with Crippen molar-refractivity contribution >= 4 is 40.7 Å². The second-order valence-electron chi connectivity index (χ2n) is 3.18. The van der Waals surface area contributed by atoms with E-state index in [9.17, 15) is 4.79 Å². The van der Waals surface area contributed by atoms with E-state index in [4.69, 9.17) is 11.6 Å². The number of carbonyl (C=O) groups is 1. The van der Waals surface area contributed by atoms with Gasteiger partial charge in [0.2, 0.25) is 0 Å². The van der Waals surface area contributed by atoms with Gasteiger partial charge >= 0.3 is 106 Å². The molecule has 0 amide bonds. The first-order valence-electron chi connectivity index (χ1n) is 4.79. The van der Waals surface area contributed by atoms with Gasteiger partial charge in [-0.3, -0.25) is 0 Å². The van der Waals surface area contributed by atoms with E-state index in [0.717, 1.165) is 4.46 Å². The molecule has 0 radical (unpaired) electrons. The first kappa shape index (κ1) is 11.4. The van der Waals surface area contributed by atoms with Crippen molar-refractivity contribution in [1.82, 2.24) is 0 Å². The van der Waals surface area contributed by atoms with E-state index in [2.05, 4.69) is 12.1 Å². The Balaban J connectivity index is 2.31. The number of rotatable bonds is 3. The Labute approximate surface area is 106 Å². The molecule has 2 rings (SSSR count). The summed E-state index contributed by atoms with van der Waals surface area (Å²) in [7, 11) is 0. The van der Waals surface area contributed by atoms with Crippen molar-refractivity contribution in [3.63, 3.8) is 0 Å². The first-order valence-corrected chi connectivity index (χ1v) is 6.88. The van der Waals surface area contributed by atoms with Gasteiger partial charge in [0.25, 0.3) is 0 Å². The van der Waals surface area contributed by atoms with Crippen molar-refractivity contribution in [1.29, 1.82) is 0 Å². The van der Waals surface area contributed by atoms with Gasteiger partial charge in [-0.05, 0) is 0 Å². The third-order valence-electron chi connectivity index (χ3n) is 2.07. The topological polar surface area (TPSA) is 17.1 Å². The molecular formula is C13H9ClOSe. The quantitative estimate of drug-likeness (QED) is 0.622. The number of hydrogen-bond donors (Lipinski definition) is 0. The van der Waals surface area contributed by atoms with E-state index in [1.165, 1.54) is 4.46 Å². The Kier molecular flexibility index (Phi) is 3.78. The molecule has 80 valence electrons. The van der Waals surface area contributed by atoms with Crippen LogP contribution < -0.4 is 8.92 Å². The molecule has 0 bridgehead atoms. The van der Waals surface area contributed by atoms with Crippen LogP contribution in [0.15, 0.2) is 54.6 Å². The van der Waals surface area contributed by atoms with Gasteiger partial charge < -0.3 is 0 Å². The van der Waals surface area contributed by atoms with Crippen LogP contribution in [0, 0.1) is 0 Å². The minimum atomic E-state index is -0.381. The van der Waals surface area contributed by atoms with Crippen LogP contribution in [0.4, 0.5) is 0 Å². The van der Waals surface area contributed by atoms with Gasteiger partial charge in [0.15, 0.2) is 0 Å². The summed E-state index contributed by atoms with van der Waals surface area (Å²) in [6, 6.07) is 17.6. The normalized spacial score (nSPS) is 10.1.